The lowest BCUT2D eigenvalue weighted by molar-refractivity contribution is 0.132. The third-order valence-corrected chi connectivity index (χ3v) is 4.24. The summed E-state index contributed by atoms with van der Waals surface area (Å²) >= 11 is 0. The molecule has 0 N–H and O–H groups in total. The highest BCUT2D eigenvalue weighted by molar-refractivity contribution is 5.09. The van der Waals surface area contributed by atoms with E-state index in [1.54, 1.807) is 0 Å². The summed E-state index contributed by atoms with van der Waals surface area (Å²) in [5.41, 5.74) is 1.15. The molecule has 0 bridgehead atoms. The summed E-state index contributed by atoms with van der Waals surface area (Å²) in [5.74, 6) is 2.00. The van der Waals surface area contributed by atoms with Gasteiger partial charge in [-0.3, -0.25) is 4.90 Å². The molecule has 1 atom stereocenters. The molecule has 0 aliphatic carbocycles. The van der Waals surface area contributed by atoms with Crippen molar-refractivity contribution in [3.05, 3.63) is 42.0 Å². The minimum atomic E-state index is 0.391. The van der Waals surface area contributed by atoms with Gasteiger partial charge in [0.15, 0.2) is 0 Å². The number of hydrogen-bond donors (Lipinski definition) is 0. The van der Waals surface area contributed by atoms with E-state index in [-0.39, 0.29) is 0 Å². The fourth-order valence-electron chi connectivity index (χ4n) is 3.14. The molecule has 2 aromatic rings. The Morgan fingerprint density at radius 3 is 2.95 bits per heavy atom. The normalized spacial score (nSPS) is 19.8. The highest BCUT2D eigenvalue weighted by atomic mass is 15.2. The Labute approximate surface area is 126 Å². The lowest BCUT2D eigenvalue weighted by Crippen LogP contribution is -2.34. The van der Waals surface area contributed by atoms with Crippen LogP contribution < -0.4 is 0 Å². The van der Waals surface area contributed by atoms with E-state index in [0.717, 1.165) is 37.0 Å². The van der Waals surface area contributed by atoms with Crippen LogP contribution in [0.3, 0.4) is 0 Å². The number of nitrogens with zero attached hydrogens (tertiary/aromatic N) is 5. The van der Waals surface area contributed by atoms with Crippen LogP contribution in [0.25, 0.3) is 0 Å². The predicted octanol–water partition coefficient (Wildman–Crippen LogP) is 2.73. The molecule has 3 heterocycles. The summed E-state index contributed by atoms with van der Waals surface area (Å²) in [6, 6.07) is 2.45. The molecule has 21 heavy (non-hydrogen) atoms. The Morgan fingerprint density at radius 2 is 2.14 bits per heavy atom. The highest BCUT2D eigenvalue weighted by Crippen LogP contribution is 2.30. The minimum absolute atomic E-state index is 0.391. The fourth-order valence-corrected chi connectivity index (χ4v) is 3.14. The SMILES string of the molecule is CCn1ccnc1CN1CCCCC1c1ccnc(C)n1. The van der Waals surface area contributed by atoms with Crippen molar-refractivity contribution in [2.45, 2.75) is 52.2 Å². The van der Waals surface area contributed by atoms with Crippen molar-refractivity contribution in [1.82, 2.24) is 24.4 Å². The number of aromatic nitrogens is 4. The molecule has 5 heteroatoms. The maximum absolute atomic E-state index is 4.64. The molecule has 0 saturated carbocycles. The van der Waals surface area contributed by atoms with Crippen molar-refractivity contribution in [3.63, 3.8) is 0 Å². The van der Waals surface area contributed by atoms with Crippen LogP contribution in [-0.4, -0.2) is 31.0 Å². The van der Waals surface area contributed by atoms with Gasteiger partial charge in [-0.25, -0.2) is 15.0 Å². The number of aryl methyl sites for hydroxylation is 2. The Bertz CT molecular complexity index is 592. The Balaban J connectivity index is 1.81. The summed E-state index contributed by atoms with van der Waals surface area (Å²) < 4.78 is 2.22. The Morgan fingerprint density at radius 1 is 1.24 bits per heavy atom. The molecule has 0 spiro atoms. The smallest absolute Gasteiger partial charge is 0.125 e. The molecule has 1 aliphatic heterocycles. The second-order valence-corrected chi connectivity index (χ2v) is 5.64. The van der Waals surface area contributed by atoms with Crippen LogP contribution in [0.4, 0.5) is 0 Å². The summed E-state index contributed by atoms with van der Waals surface area (Å²) in [6.45, 7) is 7.10. The number of imidazole rings is 1. The van der Waals surface area contributed by atoms with Gasteiger partial charge in [0, 0.05) is 25.1 Å². The number of piperidine rings is 1. The van der Waals surface area contributed by atoms with E-state index in [1.807, 2.05) is 19.3 Å². The maximum Gasteiger partial charge on any atom is 0.125 e. The van der Waals surface area contributed by atoms with Gasteiger partial charge in [0.1, 0.15) is 11.6 Å². The lowest BCUT2D eigenvalue weighted by atomic mass is 9.99. The molecule has 1 fully saturated rings. The second kappa shape index (κ2) is 6.35. The first-order valence-electron chi connectivity index (χ1n) is 7.81. The standard InChI is InChI=1S/C16H23N5/c1-3-20-11-9-18-16(20)12-21-10-5-4-6-15(21)14-7-8-17-13(2)19-14/h7-9,11,15H,3-6,10,12H2,1-2H3. The number of rotatable bonds is 4. The topological polar surface area (TPSA) is 46.8 Å². The van der Waals surface area contributed by atoms with E-state index in [9.17, 15) is 0 Å². The molecular formula is C16H23N5. The molecule has 3 rings (SSSR count). The summed E-state index contributed by atoms with van der Waals surface area (Å²) in [7, 11) is 0. The summed E-state index contributed by atoms with van der Waals surface area (Å²) in [6.07, 6.45) is 9.52. The lowest BCUT2D eigenvalue weighted by Gasteiger charge is -2.35. The summed E-state index contributed by atoms with van der Waals surface area (Å²) in [4.78, 5) is 15.9. The summed E-state index contributed by atoms with van der Waals surface area (Å²) in [5, 5.41) is 0. The van der Waals surface area contributed by atoms with E-state index >= 15 is 0 Å². The maximum atomic E-state index is 4.64. The third-order valence-electron chi connectivity index (χ3n) is 4.24. The van der Waals surface area contributed by atoms with E-state index in [2.05, 4.69) is 43.6 Å². The first-order valence-corrected chi connectivity index (χ1v) is 7.81. The van der Waals surface area contributed by atoms with Crippen molar-refractivity contribution in [3.8, 4) is 0 Å². The Kier molecular flexibility index (Phi) is 4.29. The molecule has 112 valence electrons. The van der Waals surface area contributed by atoms with Gasteiger partial charge >= 0.3 is 0 Å². The largest absolute Gasteiger partial charge is 0.334 e. The van der Waals surface area contributed by atoms with Crippen molar-refractivity contribution in [1.29, 1.82) is 0 Å². The van der Waals surface area contributed by atoms with E-state index in [0.29, 0.717) is 6.04 Å². The van der Waals surface area contributed by atoms with Crippen LogP contribution in [-0.2, 0) is 13.1 Å². The van der Waals surface area contributed by atoms with Crippen LogP contribution in [0, 0.1) is 6.92 Å². The van der Waals surface area contributed by atoms with E-state index < -0.39 is 0 Å². The van der Waals surface area contributed by atoms with Gasteiger partial charge in [-0.05, 0) is 39.3 Å². The molecule has 5 nitrogen and oxygen atoms in total. The van der Waals surface area contributed by atoms with Crippen LogP contribution in [0.1, 0.15) is 49.6 Å². The van der Waals surface area contributed by atoms with Crippen molar-refractivity contribution >= 4 is 0 Å². The van der Waals surface area contributed by atoms with Gasteiger partial charge in [0.05, 0.1) is 18.3 Å². The molecule has 0 amide bonds. The first-order chi connectivity index (χ1) is 10.3. The van der Waals surface area contributed by atoms with Gasteiger partial charge in [0.2, 0.25) is 0 Å². The zero-order chi connectivity index (χ0) is 14.7. The average Bonchev–Trinajstić information content (AvgIpc) is 2.95. The molecule has 1 saturated heterocycles. The van der Waals surface area contributed by atoms with Crippen molar-refractivity contribution in [2.24, 2.45) is 0 Å². The second-order valence-electron chi connectivity index (χ2n) is 5.64. The van der Waals surface area contributed by atoms with Gasteiger partial charge < -0.3 is 4.57 Å². The first kappa shape index (κ1) is 14.2. The molecule has 0 aromatic carbocycles. The van der Waals surface area contributed by atoms with Crippen molar-refractivity contribution < 1.29 is 0 Å². The van der Waals surface area contributed by atoms with Crippen LogP contribution in [0.5, 0.6) is 0 Å². The van der Waals surface area contributed by atoms with Gasteiger partial charge in [-0.1, -0.05) is 6.42 Å². The third kappa shape index (κ3) is 3.13. The number of hydrogen-bond acceptors (Lipinski definition) is 4. The Hall–Kier alpha value is -1.75. The van der Waals surface area contributed by atoms with Crippen molar-refractivity contribution in [2.75, 3.05) is 6.54 Å². The fraction of sp³-hybridized carbons (Fsp3) is 0.562. The monoisotopic (exact) mass is 285 g/mol. The molecular weight excluding hydrogens is 262 g/mol. The van der Waals surface area contributed by atoms with Crippen LogP contribution in [0.2, 0.25) is 0 Å². The predicted molar refractivity (Wildman–Crippen MR) is 81.7 cm³/mol. The van der Waals surface area contributed by atoms with Gasteiger partial charge in [-0.2, -0.15) is 0 Å². The van der Waals surface area contributed by atoms with Crippen LogP contribution in [0.15, 0.2) is 24.7 Å². The van der Waals surface area contributed by atoms with E-state index in [4.69, 9.17) is 0 Å². The van der Waals surface area contributed by atoms with Gasteiger partial charge in [-0.15, -0.1) is 0 Å². The minimum Gasteiger partial charge on any atom is -0.334 e. The van der Waals surface area contributed by atoms with Gasteiger partial charge in [0.25, 0.3) is 0 Å². The number of likely N-dealkylation sites (tertiary alicyclic amines) is 1. The quantitative estimate of drug-likeness (QED) is 0.866. The zero-order valence-electron chi connectivity index (χ0n) is 12.9. The molecule has 2 aromatic heterocycles. The molecule has 1 unspecified atom stereocenters. The highest BCUT2D eigenvalue weighted by Gasteiger charge is 2.26. The molecule has 0 radical (unpaired) electrons. The van der Waals surface area contributed by atoms with Crippen LogP contribution >= 0.6 is 0 Å². The zero-order valence-corrected chi connectivity index (χ0v) is 12.9. The average molecular weight is 285 g/mol. The molecule has 1 aliphatic rings. The van der Waals surface area contributed by atoms with E-state index in [1.165, 1.54) is 19.3 Å².